The summed E-state index contributed by atoms with van der Waals surface area (Å²) in [6.45, 7) is 0.750. The number of nitrogens with zero attached hydrogens (tertiary/aromatic N) is 1. The standard InChI is InChI=1S/C21H18N2O5/c24-19-11-23(9-8-22-19)20(25)13-27-15-6-7-16-18(10-15)28-12-17(21(16)26)14-4-2-1-3-5-14/h1-7,10,12H,8-9,11,13H2,(H,22,24). The number of piperazine rings is 1. The van der Waals surface area contributed by atoms with Crippen LogP contribution in [-0.2, 0) is 9.59 Å². The van der Waals surface area contributed by atoms with Crippen LogP contribution >= 0.6 is 0 Å². The summed E-state index contributed by atoms with van der Waals surface area (Å²) in [6, 6.07) is 14.1. The lowest BCUT2D eigenvalue weighted by molar-refractivity contribution is -0.139. The molecule has 7 heteroatoms. The normalized spacial score (nSPS) is 14.0. The highest BCUT2D eigenvalue weighted by molar-refractivity contribution is 5.87. The number of carbonyl (C=O) groups excluding carboxylic acids is 2. The number of fused-ring (bicyclic) bond motifs is 1. The molecule has 3 aromatic rings. The Labute approximate surface area is 160 Å². The Hall–Kier alpha value is -3.61. The molecule has 1 N–H and O–H groups in total. The molecule has 4 rings (SSSR count). The third-order valence-corrected chi connectivity index (χ3v) is 4.58. The first-order valence-electron chi connectivity index (χ1n) is 8.90. The number of amides is 2. The van der Waals surface area contributed by atoms with Crippen LogP contribution in [0.2, 0.25) is 0 Å². The maximum Gasteiger partial charge on any atom is 0.261 e. The molecule has 142 valence electrons. The Morgan fingerprint density at radius 1 is 1.14 bits per heavy atom. The summed E-state index contributed by atoms with van der Waals surface area (Å²) in [5.41, 5.74) is 1.52. The lowest BCUT2D eigenvalue weighted by Crippen LogP contribution is -2.51. The Balaban J connectivity index is 1.51. The van der Waals surface area contributed by atoms with Gasteiger partial charge in [-0.3, -0.25) is 14.4 Å². The minimum atomic E-state index is -0.268. The molecule has 0 saturated carbocycles. The van der Waals surface area contributed by atoms with E-state index in [9.17, 15) is 14.4 Å². The van der Waals surface area contributed by atoms with Crippen molar-refractivity contribution in [2.45, 2.75) is 0 Å². The zero-order valence-electron chi connectivity index (χ0n) is 15.0. The van der Waals surface area contributed by atoms with Gasteiger partial charge in [-0.15, -0.1) is 0 Å². The van der Waals surface area contributed by atoms with Crippen LogP contribution in [0.25, 0.3) is 22.1 Å². The molecule has 7 nitrogen and oxygen atoms in total. The Morgan fingerprint density at radius 3 is 2.75 bits per heavy atom. The summed E-state index contributed by atoms with van der Waals surface area (Å²) < 4.78 is 11.2. The lowest BCUT2D eigenvalue weighted by Gasteiger charge is -2.26. The van der Waals surface area contributed by atoms with E-state index in [0.29, 0.717) is 35.4 Å². The third-order valence-electron chi connectivity index (χ3n) is 4.58. The van der Waals surface area contributed by atoms with E-state index >= 15 is 0 Å². The van der Waals surface area contributed by atoms with Crippen LogP contribution < -0.4 is 15.5 Å². The number of rotatable bonds is 4. The Kier molecular flexibility index (Phi) is 4.80. The van der Waals surface area contributed by atoms with E-state index in [4.69, 9.17) is 9.15 Å². The largest absolute Gasteiger partial charge is 0.484 e. The maximum absolute atomic E-state index is 12.7. The molecule has 1 aliphatic rings. The van der Waals surface area contributed by atoms with Gasteiger partial charge in [-0.2, -0.15) is 0 Å². The predicted molar refractivity (Wildman–Crippen MR) is 103 cm³/mol. The van der Waals surface area contributed by atoms with Crippen molar-refractivity contribution in [3.05, 3.63) is 65.0 Å². The van der Waals surface area contributed by atoms with Crippen molar-refractivity contribution >= 4 is 22.8 Å². The van der Waals surface area contributed by atoms with E-state index in [0.717, 1.165) is 5.56 Å². The number of benzene rings is 2. The van der Waals surface area contributed by atoms with Gasteiger partial charge in [0.05, 0.1) is 17.5 Å². The van der Waals surface area contributed by atoms with Crippen LogP contribution in [0.15, 0.2) is 64.0 Å². The second kappa shape index (κ2) is 7.56. The average Bonchev–Trinajstić information content (AvgIpc) is 2.73. The van der Waals surface area contributed by atoms with Crippen molar-refractivity contribution in [1.82, 2.24) is 10.2 Å². The highest BCUT2D eigenvalue weighted by atomic mass is 16.5. The molecule has 1 aromatic heterocycles. The summed E-state index contributed by atoms with van der Waals surface area (Å²) in [6.07, 6.45) is 1.43. The van der Waals surface area contributed by atoms with E-state index in [1.54, 1.807) is 18.2 Å². The van der Waals surface area contributed by atoms with Gasteiger partial charge in [0, 0.05) is 19.2 Å². The molecular formula is C21H18N2O5. The van der Waals surface area contributed by atoms with Crippen LogP contribution in [0.4, 0.5) is 0 Å². The molecule has 0 unspecified atom stereocenters. The first-order valence-corrected chi connectivity index (χ1v) is 8.90. The van der Waals surface area contributed by atoms with Gasteiger partial charge in [0.25, 0.3) is 5.91 Å². The summed E-state index contributed by atoms with van der Waals surface area (Å²) in [5, 5.41) is 3.10. The van der Waals surface area contributed by atoms with E-state index in [2.05, 4.69) is 5.32 Å². The first-order chi connectivity index (χ1) is 13.6. The molecule has 2 heterocycles. The SMILES string of the molecule is O=C1CN(C(=O)COc2ccc3c(=O)c(-c4ccccc4)coc3c2)CCN1. The molecule has 0 aliphatic carbocycles. The van der Waals surface area contributed by atoms with Gasteiger partial charge >= 0.3 is 0 Å². The van der Waals surface area contributed by atoms with Crippen LogP contribution in [0, 0.1) is 0 Å². The summed E-state index contributed by atoms with van der Waals surface area (Å²) in [5.74, 6) is -0.0324. The second-order valence-corrected chi connectivity index (χ2v) is 6.46. The molecule has 1 aliphatic heterocycles. The maximum atomic E-state index is 12.7. The van der Waals surface area contributed by atoms with Crippen molar-refractivity contribution in [3.63, 3.8) is 0 Å². The molecule has 28 heavy (non-hydrogen) atoms. The quantitative estimate of drug-likeness (QED) is 0.748. The number of hydrogen-bond donors (Lipinski definition) is 1. The molecule has 1 saturated heterocycles. The van der Waals surface area contributed by atoms with Gasteiger partial charge < -0.3 is 19.4 Å². The minimum absolute atomic E-state index is 0.0387. The number of ether oxygens (including phenoxy) is 1. The Bertz CT molecular complexity index is 1090. The van der Waals surface area contributed by atoms with Crippen LogP contribution in [-0.4, -0.2) is 43.0 Å². The molecule has 0 spiro atoms. The molecular weight excluding hydrogens is 360 g/mol. The zero-order chi connectivity index (χ0) is 19.5. The summed E-state index contributed by atoms with van der Waals surface area (Å²) >= 11 is 0. The average molecular weight is 378 g/mol. The van der Waals surface area contributed by atoms with Crippen LogP contribution in [0.1, 0.15) is 0 Å². The molecule has 1 fully saturated rings. The fraction of sp³-hybridized carbons (Fsp3) is 0.190. The van der Waals surface area contributed by atoms with Crippen molar-refractivity contribution in [3.8, 4) is 16.9 Å². The first kappa shape index (κ1) is 17.8. The van der Waals surface area contributed by atoms with Crippen molar-refractivity contribution < 1.29 is 18.7 Å². The highest BCUT2D eigenvalue weighted by Gasteiger charge is 2.21. The smallest absolute Gasteiger partial charge is 0.261 e. The number of carbonyl (C=O) groups is 2. The molecule has 0 radical (unpaired) electrons. The molecule has 2 amide bonds. The number of nitrogens with one attached hydrogen (secondary N) is 1. The van der Waals surface area contributed by atoms with E-state index in [1.165, 1.54) is 11.2 Å². The number of hydrogen-bond acceptors (Lipinski definition) is 5. The van der Waals surface area contributed by atoms with E-state index < -0.39 is 0 Å². The Morgan fingerprint density at radius 2 is 1.96 bits per heavy atom. The van der Waals surface area contributed by atoms with E-state index in [-0.39, 0.29) is 30.4 Å². The van der Waals surface area contributed by atoms with Gasteiger partial charge in [0.1, 0.15) is 17.6 Å². The fourth-order valence-electron chi connectivity index (χ4n) is 3.10. The molecule has 0 atom stereocenters. The zero-order valence-corrected chi connectivity index (χ0v) is 15.0. The van der Waals surface area contributed by atoms with Crippen molar-refractivity contribution in [2.75, 3.05) is 26.2 Å². The molecule has 0 bridgehead atoms. The van der Waals surface area contributed by atoms with Gasteiger partial charge in [-0.25, -0.2) is 0 Å². The molecule has 2 aromatic carbocycles. The summed E-state index contributed by atoms with van der Waals surface area (Å²) in [7, 11) is 0. The van der Waals surface area contributed by atoms with Gasteiger partial charge in [0.15, 0.2) is 12.0 Å². The fourth-order valence-corrected chi connectivity index (χ4v) is 3.10. The lowest BCUT2D eigenvalue weighted by atomic mass is 10.1. The van der Waals surface area contributed by atoms with Crippen LogP contribution in [0.5, 0.6) is 5.75 Å². The van der Waals surface area contributed by atoms with Gasteiger partial charge in [-0.05, 0) is 17.7 Å². The van der Waals surface area contributed by atoms with Crippen molar-refractivity contribution in [1.29, 1.82) is 0 Å². The van der Waals surface area contributed by atoms with Crippen LogP contribution in [0.3, 0.4) is 0 Å². The monoisotopic (exact) mass is 378 g/mol. The minimum Gasteiger partial charge on any atom is -0.484 e. The highest BCUT2D eigenvalue weighted by Crippen LogP contribution is 2.23. The third kappa shape index (κ3) is 3.59. The van der Waals surface area contributed by atoms with Gasteiger partial charge in [0.2, 0.25) is 5.91 Å². The predicted octanol–water partition coefficient (Wildman–Crippen LogP) is 1.80. The van der Waals surface area contributed by atoms with E-state index in [1.807, 2.05) is 30.3 Å². The second-order valence-electron chi connectivity index (χ2n) is 6.46. The summed E-state index contributed by atoms with van der Waals surface area (Å²) in [4.78, 5) is 37.8. The van der Waals surface area contributed by atoms with Gasteiger partial charge in [-0.1, -0.05) is 30.3 Å². The topological polar surface area (TPSA) is 88.8 Å². The van der Waals surface area contributed by atoms with Crippen molar-refractivity contribution in [2.24, 2.45) is 0 Å².